The van der Waals surface area contributed by atoms with Crippen LogP contribution < -0.4 is 10.1 Å². The number of hydrogen-bond acceptors (Lipinski definition) is 7. The van der Waals surface area contributed by atoms with Crippen molar-refractivity contribution in [3.63, 3.8) is 0 Å². The lowest BCUT2D eigenvalue weighted by molar-refractivity contribution is 0.143. The van der Waals surface area contributed by atoms with Gasteiger partial charge < -0.3 is 10.1 Å². The topological polar surface area (TPSA) is 101 Å². The molecule has 1 aliphatic rings. The summed E-state index contributed by atoms with van der Waals surface area (Å²) < 4.78 is 8.22. The second-order valence-corrected chi connectivity index (χ2v) is 8.92. The first-order valence-corrected chi connectivity index (χ1v) is 11.6. The van der Waals surface area contributed by atoms with Crippen molar-refractivity contribution < 1.29 is 4.74 Å². The van der Waals surface area contributed by atoms with Crippen LogP contribution in [0.15, 0.2) is 42.7 Å². The first kappa shape index (κ1) is 21.8. The Morgan fingerprint density at radius 3 is 2.59 bits per heavy atom. The van der Waals surface area contributed by atoms with Gasteiger partial charge >= 0.3 is 0 Å². The fourth-order valence-electron chi connectivity index (χ4n) is 4.49. The van der Waals surface area contributed by atoms with E-state index in [-0.39, 0.29) is 12.0 Å². The molecule has 0 aromatic carbocycles. The Morgan fingerprint density at radius 2 is 1.82 bits per heavy atom. The van der Waals surface area contributed by atoms with Gasteiger partial charge in [0.2, 0.25) is 0 Å². The number of aromatic nitrogens is 5. The molecular weight excluding hydrogens is 426 g/mol. The van der Waals surface area contributed by atoms with Gasteiger partial charge in [-0.3, -0.25) is 4.98 Å². The van der Waals surface area contributed by atoms with Gasteiger partial charge in [-0.05, 0) is 70.2 Å². The number of anilines is 2. The highest BCUT2D eigenvalue weighted by Gasteiger charge is 2.23. The summed E-state index contributed by atoms with van der Waals surface area (Å²) in [6.07, 6.45) is 7.44. The minimum Gasteiger partial charge on any atom is -0.488 e. The fourth-order valence-corrected chi connectivity index (χ4v) is 4.49. The molecule has 8 nitrogen and oxygen atoms in total. The SMILES string of the molecule is Cc1cc(-c2ccn3nc(Nc4cc(C)nc(C)n4)cc3c2)c(O[C@H]2CC[C@@H](C#N)CC2)cn1. The van der Waals surface area contributed by atoms with Gasteiger partial charge in [0.15, 0.2) is 5.82 Å². The van der Waals surface area contributed by atoms with Crippen LogP contribution in [0.2, 0.25) is 0 Å². The average molecular weight is 454 g/mol. The molecule has 0 bridgehead atoms. The minimum absolute atomic E-state index is 0.113. The van der Waals surface area contributed by atoms with Crippen LogP contribution >= 0.6 is 0 Å². The van der Waals surface area contributed by atoms with Crippen LogP contribution in [-0.4, -0.2) is 30.7 Å². The van der Waals surface area contributed by atoms with Gasteiger partial charge in [0, 0.05) is 41.2 Å². The van der Waals surface area contributed by atoms with Gasteiger partial charge in [-0.25, -0.2) is 14.5 Å². The molecule has 4 aromatic heterocycles. The Balaban J connectivity index is 1.41. The van der Waals surface area contributed by atoms with Gasteiger partial charge in [-0.15, -0.1) is 0 Å². The summed E-state index contributed by atoms with van der Waals surface area (Å²) in [4.78, 5) is 13.2. The van der Waals surface area contributed by atoms with E-state index in [0.717, 1.165) is 71.1 Å². The van der Waals surface area contributed by atoms with Gasteiger partial charge in [-0.1, -0.05) is 0 Å². The molecule has 0 spiro atoms. The highest BCUT2D eigenvalue weighted by atomic mass is 16.5. The van der Waals surface area contributed by atoms with Crippen LogP contribution in [0.5, 0.6) is 5.75 Å². The third kappa shape index (κ3) is 4.69. The highest BCUT2D eigenvalue weighted by Crippen LogP contribution is 2.34. The van der Waals surface area contributed by atoms with Crippen LogP contribution in [0.4, 0.5) is 11.6 Å². The van der Waals surface area contributed by atoms with E-state index in [1.54, 1.807) is 0 Å². The molecule has 0 aliphatic heterocycles. The second kappa shape index (κ2) is 9.10. The van der Waals surface area contributed by atoms with Crippen molar-refractivity contribution in [2.75, 3.05) is 5.32 Å². The zero-order valence-corrected chi connectivity index (χ0v) is 19.6. The molecule has 172 valence electrons. The summed E-state index contributed by atoms with van der Waals surface area (Å²) in [6, 6.07) is 12.5. The van der Waals surface area contributed by atoms with Gasteiger partial charge in [0.05, 0.1) is 23.9 Å². The third-order valence-electron chi connectivity index (χ3n) is 6.15. The van der Waals surface area contributed by atoms with Crippen LogP contribution in [0.25, 0.3) is 16.6 Å². The summed E-state index contributed by atoms with van der Waals surface area (Å²) in [5, 5.41) is 17.1. The number of fused-ring (bicyclic) bond motifs is 1. The van der Waals surface area contributed by atoms with Gasteiger partial charge in [-0.2, -0.15) is 10.4 Å². The van der Waals surface area contributed by atoms with Crippen molar-refractivity contribution in [2.24, 2.45) is 5.92 Å². The molecule has 1 fully saturated rings. The summed E-state index contributed by atoms with van der Waals surface area (Å²) in [6.45, 7) is 5.80. The smallest absolute Gasteiger partial charge is 0.154 e. The molecule has 1 N–H and O–H groups in total. The molecule has 1 saturated carbocycles. The van der Waals surface area contributed by atoms with Crippen LogP contribution in [0.3, 0.4) is 0 Å². The van der Waals surface area contributed by atoms with E-state index < -0.39 is 0 Å². The molecule has 4 heterocycles. The summed E-state index contributed by atoms with van der Waals surface area (Å²) in [5.74, 6) is 3.08. The molecule has 0 unspecified atom stereocenters. The van der Waals surface area contributed by atoms with E-state index >= 15 is 0 Å². The highest BCUT2D eigenvalue weighted by molar-refractivity contribution is 5.75. The predicted octanol–water partition coefficient (Wildman–Crippen LogP) is 5.32. The molecule has 0 amide bonds. The summed E-state index contributed by atoms with van der Waals surface area (Å²) >= 11 is 0. The van der Waals surface area contributed by atoms with Gasteiger partial charge in [0.25, 0.3) is 0 Å². The molecule has 0 saturated heterocycles. The average Bonchev–Trinajstić information content (AvgIpc) is 3.21. The summed E-state index contributed by atoms with van der Waals surface area (Å²) in [5.41, 5.74) is 4.84. The monoisotopic (exact) mass is 453 g/mol. The number of hydrogen-bond donors (Lipinski definition) is 1. The normalized spacial score (nSPS) is 17.9. The number of nitriles is 1. The van der Waals surface area contributed by atoms with E-state index in [4.69, 9.17) is 10.00 Å². The molecule has 4 aromatic rings. The Kier molecular flexibility index (Phi) is 5.84. The first-order valence-electron chi connectivity index (χ1n) is 11.6. The maximum absolute atomic E-state index is 9.17. The lowest BCUT2D eigenvalue weighted by atomic mass is 9.88. The first-order chi connectivity index (χ1) is 16.5. The predicted molar refractivity (Wildman–Crippen MR) is 130 cm³/mol. The van der Waals surface area contributed by atoms with Gasteiger partial charge in [0.1, 0.15) is 17.4 Å². The van der Waals surface area contributed by atoms with E-state index in [9.17, 15) is 0 Å². The lowest BCUT2D eigenvalue weighted by Crippen LogP contribution is -2.23. The molecular formula is C26H27N7O. The Morgan fingerprint density at radius 1 is 1.00 bits per heavy atom. The molecule has 5 rings (SSSR count). The van der Waals surface area contributed by atoms with E-state index in [0.29, 0.717) is 5.82 Å². The Bertz CT molecular complexity index is 1360. The minimum atomic E-state index is 0.113. The Labute approximate surface area is 198 Å². The number of nitrogens with zero attached hydrogens (tertiary/aromatic N) is 6. The van der Waals surface area contributed by atoms with Crippen LogP contribution in [0.1, 0.15) is 42.9 Å². The lowest BCUT2D eigenvalue weighted by Gasteiger charge is -2.26. The molecule has 34 heavy (non-hydrogen) atoms. The largest absolute Gasteiger partial charge is 0.488 e. The number of ether oxygens (including phenoxy) is 1. The zero-order chi connectivity index (χ0) is 23.7. The third-order valence-corrected chi connectivity index (χ3v) is 6.15. The molecule has 0 atom stereocenters. The molecule has 8 heteroatoms. The van der Waals surface area contributed by atoms with Crippen molar-refractivity contribution in [1.29, 1.82) is 5.26 Å². The fraction of sp³-hybridized carbons (Fsp3) is 0.346. The summed E-state index contributed by atoms with van der Waals surface area (Å²) in [7, 11) is 0. The second-order valence-electron chi connectivity index (χ2n) is 8.92. The zero-order valence-electron chi connectivity index (χ0n) is 19.6. The number of pyridine rings is 2. The van der Waals surface area contributed by atoms with Crippen molar-refractivity contribution in [3.05, 3.63) is 59.9 Å². The van der Waals surface area contributed by atoms with Crippen molar-refractivity contribution >= 4 is 17.2 Å². The number of aryl methyl sites for hydroxylation is 3. The van der Waals surface area contributed by atoms with Crippen molar-refractivity contribution in [1.82, 2.24) is 24.6 Å². The number of nitrogens with one attached hydrogen (secondary N) is 1. The van der Waals surface area contributed by atoms with Crippen LogP contribution in [-0.2, 0) is 0 Å². The maximum Gasteiger partial charge on any atom is 0.154 e. The number of rotatable bonds is 5. The standard InChI is InChI=1S/C26H27N7O/c1-16-10-23(24(15-28-16)34-22-6-4-19(14-27)5-7-22)20-8-9-33-21(12-20)13-26(32-33)31-25-11-17(2)29-18(3)30-25/h8-13,15,19,22H,4-7H2,1-3H3,(H,29,30,31,32)/t19-,22+. The van der Waals surface area contributed by atoms with Crippen molar-refractivity contribution in [3.8, 4) is 22.9 Å². The maximum atomic E-state index is 9.17. The molecule has 0 radical (unpaired) electrons. The van der Waals surface area contributed by atoms with E-state index in [1.807, 2.05) is 55.9 Å². The van der Waals surface area contributed by atoms with E-state index in [2.05, 4.69) is 43.6 Å². The quantitative estimate of drug-likeness (QED) is 0.436. The van der Waals surface area contributed by atoms with Crippen LogP contribution in [0, 0.1) is 38.0 Å². The van der Waals surface area contributed by atoms with E-state index in [1.165, 1.54) is 0 Å². The molecule has 1 aliphatic carbocycles. The van der Waals surface area contributed by atoms with Crippen molar-refractivity contribution in [2.45, 2.75) is 52.6 Å². The Hall–Kier alpha value is -3.99.